The van der Waals surface area contributed by atoms with Crippen LogP contribution >= 0.6 is 0 Å². The molecule has 19 heavy (non-hydrogen) atoms. The number of aromatic nitrogens is 1. The number of rotatable bonds is 4. The van der Waals surface area contributed by atoms with Crippen molar-refractivity contribution in [2.75, 3.05) is 7.11 Å². The van der Waals surface area contributed by atoms with E-state index in [0.29, 0.717) is 12.2 Å². The van der Waals surface area contributed by atoms with Crippen molar-refractivity contribution in [3.8, 4) is 11.8 Å². The second kappa shape index (κ2) is 5.57. The molecule has 0 bridgehead atoms. The summed E-state index contributed by atoms with van der Waals surface area (Å²) in [6.45, 7) is 3.69. The van der Waals surface area contributed by atoms with Crippen LogP contribution in [0.25, 0.3) is 0 Å². The summed E-state index contributed by atoms with van der Waals surface area (Å²) in [6, 6.07) is 10.1. The Morgan fingerprint density at radius 2 is 2.11 bits per heavy atom. The number of nitrogens with zero attached hydrogens (tertiary/aromatic N) is 2. The largest absolute Gasteiger partial charge is 0.496 e. The molecule has 2 aromatic rings. The fourth-order valence-corrected chi connectivity index (χ4v) is 2.29. The lowest BCUT2D eigenvalue weighted by Gasteiger charge is -2.12. The van der Waals surface area contributed by atoms with Crippen LogP contribution in [-0.2, 0) is 6.42 Å². The first-order chi connectivity index (χ1) is 9.17. The first-order valence-corrected chi connectivity index (χ1v) is 6.11. The van der Waals surface area contributed by atoms with Gasteiger partial charge in [-0.3, -0.25) is 0 Å². The van der Waals surface area contributed by atoms with Gasteiger partial charge >= 0.3 is 0 Å². The molecule has 1 unspecified atom stereocenters. The average molecular weight is 256 g/mol. The van der Waals surface area contributed by atoms with Gasteiger partial charge in [-0.2, -0.15) is 5.26 Å². The molecule has 4 heteroatoms. The summed E-state index contributed by atoms with van der Waals surface area (Å²) in [4.78, 5) is 0. The van der Waals surface area contributed by atoms with Gasteiger partial charge < -0.3 is 9.26 Å². The minimum absolute atomic E-state index is 0.275. The Kier molecular flexibility index (Phi) is 3.86. The van der Waals surface area contributed by atoms with E-state index in [2.05, 4.69) is 11.2 Å². The van der Waals surface area contributed by atoms with E-state index in [1.165, 1.54) is 0 Å². The van der Waals surface area contributed by atoms with Crippen LogP contribution in [0.5, 0.6) is 5.75 Å². The molecule has 0 saturated carbocycles. The van der Waals surface area contributed by atoms with Gasteiger partial charge in [0.1, 0.15) is 11.5 Å². The predicted molar refractivity (Wildman–Crippen MR) is 71.0 cm³/mol. The van der Waals surface area contributed by atoms with E-state index in [9.17, 15) is 5.26 Å². The average Bonchev–Trinajstić information content (AvgIpc) is 2.76. The van der Waals surface area contributed by atoms with Gasteiger partial charge in [0.25, 0.3) is 0 Å². The zero-order valence-electron chi connectivity index (χ0n) is 11.3. The Labute approximate surface area is 112 Å². The van der Waals surface area contributed by atoms with Crippen molar-refractivity contribution in [3.63, 3.8) is 0 Å². The lowest BCUT2D eigenvalue weighted by atomic mass is 9.91. The van der Waals surface area contributed by atoms with E-state index in [1.54, 1.807) is 7.11 Å². The molecule has 1 heterocycles. The predicted octanol–water partition coefficient (Wildman–Crippen LogP) is 3.15. The van der Waals surface area contributed by atoms with Crippen LogP contribution < -0.4 is 4.74 Å². The van der Waals surface area contributed by atoms with Crippen LogP contribution in [-0.4, -0.2) is 12.3 Å². The topological polar surface area (TPSA) is 59.0 Å². The summed E-state index contributed by atoms with van der Waals surface area (Å²) in [5.41, 5.74) is 2.67. The van der Waals surface area contributed by atoms with Crippen LogP contribution in [0.1, 0.15) is 28.5 Å². The SMILES string of the molecule is COc1ccccc1CC(C#N)c1c(C)noc1C. The fraction of sp³-hybridized carbons (Fsp3) is 0.333. The van der Waals surface area contributed by atoms with Gasteiger partial charge in [-0.15, -0.1) is 0 Å². The van der Waals surface area contributed by atoms with Crippen LogP contribution in [0.3, 0.4) is 0 Å². The first-order valence-electron chi connectivity index (χ1n) is 6.11. The highest BCUT2D eigenvalue weighted by molar-refractivity contribution is 5.38. The molecule has 0 amide bonds. The third-order valence-electron chi connectivity index (χ3n) is 3.21. The summed E-state index contributed by atoms with van der Waals surface area (Å²) in [7, 11) is 1.64. The van der Waals surface area contributed by atoms with Crippen LogP contribution in [0.4, 0.5) is 0 Å². The molecule has 0 N–H and O–H groups in total. The summed E-state index contributed by atoms with van der Waals surface area (Å²) >= 11 is 0. The molecule has 1 aromatic carbocycles. The van der Waals surface area contributed by atoms with Crippen molar-refractivity contribution in [2.45, 2.75) is 26.2 Å². The van der Waals surface area contributed by atoms with Crippen molar-refractivity contribution >= 4 is 0 Å². The molecule has 98 valence electrons. The number of hydrogen-bond acceptors (Lipinski definition) is 4. The van der Waals surface area contributed by atoms with Gasteiger partial charge in [0.2, 0.25) is 0 Å². The van der Waals surface area contributed by atoms with E-state index < -0.39 is 0 Å². The molecule has 0 aliphatic rings. The van der Waals surface area contributed by atoms with Gasteiger partial charge in [0.15, 0.2) is 0 Å². The number of hydrogen-bond donors (Lipinski definition) is 0. The number of nitriles is 1. The molecule has 0 saturated heterocycles. The summed E-state index contributed by atoms with van der Waals surface area (Å²) < 4.78 is 10.5. The second-order valence-electron chi connectivity index (χ2n) is 4.44. The molecule has 1 atom stereocenters. The van der Waals surface area contributed by atoms with Crippen LogP contribution in [0.15, 0.2) is 28.8 Å². The van der Waals surface area contributed by atoms with Crippen molar-refractivity contribution in [1.29, 1.82) is 5.26 Å². The third-order valence-corrected chi connectivity index (χ3v) is 3.21. The molecule has 0 aliphatic heterocycles. The molecule has 2 rings (SSSR count). The van der Waals surface area contributed by atoms with E-state index in [4.69, 9.17) is 9.26 Å². The standard InChI is InChI=1S/C15H16N2O2/c1-10-15(11(2)19-17-10)13(9-16)8-12-6-4-5-7-14(12)18-3/h4-7,13H,8H2,1-3H3. The molecular formula is C15H16N2O2. The number of methoxy groups -OCH3 is 1. The zero-order valence-corrected chi connectivity index (χ0v) is 11.3. The minimum atomic E-state index is -0.275. The highest BCUT2D eigenvalue weighted by Crippen LogP contribution is 2.29. The Hall–Kier alpha value is -2.28. The monoisotopic (exact) mass is 256 g/mol. The molecule has 0 aliphatic carbocycles. The Morgan fingerprint density at radius 1 is 1.37 bits per heavy atom. The molecule has 0 fully saturated rings. The maximum absolute atomic E-state index is 9.41. The van der Waals surface area contributed by atoms with E-state index in [0.717, 1.165) is 22.6 Å². The molecule has 4 nitrogen and oxygen atoms in total. The van der Waals surface area contributed by atoms with Gasteiger partial charge in [0, 0.05) is 5.56 Å². The first kappa shape index (κ1) is 13.2. The Bertz CT molecular complexity index is 591. The number of ether oxygens (including phenoxy) is 1. The maximum atomic E-state index is 9.41. The van der Waals surface area contributed by atoms with Crippen LogP contribution in [0.2, 0.25) is 0 Å². The van der Waals surface area contributed by atoms with Crippen LogP contribution in [0, 0.1) is 25.2 Å². The van der Waals surface area contributed by atoms with Gasteiger partial charge in [-0.25, -0.2) is 0 Å². The van der Waals surface area contributed by atoms with Crippen molar-refractivity contribution < 1.29 is 9.26 Å². The normalized spacial score (nSPS) is 11.9. The minimum Gasteiger partial charge on any atom is -0.496 e. The third kappa shape index (κ3) is 2.60. The van der Waals surface area contributed by atoms with E-state index in [-0.39, 0.29) is 5.92 Å². The Morgan fingerprint density at radius 3 is 2.68 bits per heavy atom. The quantitative estimate of drug-likeness (QED) is 0.843. The van der Waals surface area contributed by atoms with Crippen molar-refractivity contribution in [3.05, 3.63) is 46.8 Å². The smallest absolute Gasteiger partial charge is 0.138 e. The fourth-order valence-electron chi connectivity index (χ4n) is 2.29. The lowest BCUT2D eigenvalue weighted by molar-refractivity contribution is 0.391. The number of aryl methyl sites for hydroxylation is 2. The molecule has 1 aromatic heterocycles. The summed E-state index contributed by atoms with van der Waals surface area (Å²) in [6.07, 6.45) is 0.587. The molecular weight excluding hydrogens is 240 g/mol. The molecule has 0 radical (unpaired) electrons. The van der Waals surface area contributed by atoms with Gasteiger partial charge in [-0.05, 0) is 31.9 Å². The highest BCUT2D eigenvalue weighted by Gasteiger charge is 2.21. The second-order valence-corrected chi connectivity index (χ2v) is 4.44. The lowest BCUT2D eigenvalue weighted by Crippen LogP contribution is -2.04. The van der Waals surface area contributed by atoms with Gasteiger partial charge in [0.05, 0.1) is 24.8 Å². The summed E-state index contributed by atoms with van der Waals surface area (Å²) in [5.74, 6) is 1.23. The zero-order chi connectivity index (χ0) is 13.8. The van der Waals surface area contributed by atoms with Crippen molar-refractivity contribution in [1.82, 2.24) is 5.16 Å². The molecule has 0 spiro atoms. The maximum Gasteiger partial charge on any atom is 0.138 e. The number of benzene rings is 1. The number of para-hydroxylation sites is 1. The van der Waals surface area contributed by atoms with E-state index in [1.807, 2.05) is 38.1 Å². The highest BCUT2D eigenvalue weighted by atomic mass is 16.5. The van der Waals surface area contributed by atoms with Crippen molar-refractivity contribution in [2.24, 2.45) is 0 Å². The van der Waals surface area contributed by atoms with Gasteiger partial charge in [-0.1, -0.05) is 23.4 Å². The Balaban J connectivity index is 2.33. The van der Waals surface area contributed by atoms with E-state index >= 15 is 0 Å². The summed E-state index contributed by atoms with van der Waals surface area (Å²) in [5, 5.41) is 13.3.